The normalized spacial score (nSPS) is 11.9. The lowest BCUT2D eigenvalue weighted by atomic mass is 10.0. The van der Waals surface area contributed by atoms with Crippen molar-refractivity contribution in [1.82, 2.24) is 5.32 Å². The van der Waals surface area contributed by atoms with Crippen LogP contribution < -0.4 is 5.32 Å². The molecule has 2 nitrogen and oxygen atoms in total. The summed E-state index contributed by atoms with van der Waals surface area (Å²) in [5.41, 5.74) is 1.46. The number of hydrogen-bond acceptors (Lipinski definition) is 1. The Morgan fingerprint density at radius 2 is 1.06 bits per heavy atom. The van der Waals surface area contributed by atoms with Crippen molar-refractivity contribution in [2.24, 2.45) is 0 Å². The minimum Gasteiger partial charge on any atom is -0.325 e. The molecule has 1 rings (SSSR count). The zero-order valence-electron chi connectivity index (χ0n) is 21.5. The molecule has 0 saturated heterocycles. The van der Waals surface area contributed by atoms with E-state index in [-0.39, 0.29) is 0 Å². The Labute approximate surface area is 198 Å². The topological polar surface area (TPSA) is 12.0 Å². The summed E-state index contributed by atoms with van der Waals surface area (Å²) in [6, 6.07) is 12.4. The van der Waals surface area contributed by atoms with Crippen molar-refractivity contribution in [1.29, 1.82) is 0 Å². The van der Waals surface area contributed by atoms with Gasteiger partial charge in [0, 0.05) is 15.8 Å². The monoisotopic (exact) mass is 447 g/mol. The third kappa shape index (κ3) is 18.6. The fourth-order valence-corrected chi connectivity index (χ4v) is 4.85. The van der Waals surface area contributed by atoms with Crippen molar-refractivity contribution in [2.75, 3.05) is 33.7 Å². The second kappa shape index (κ2) is 20.0. The molecule has 0 bridgehead atoms. The molecule has 31 heavy (non-hydrogen) atoms. The van der Waals surface area contributed by atoms with Gasteiger partial charge in [0.15, 0.2) is 0 Å². The van der Waals surface area contributed by atoms with E-state index in [0.717, 1.165) is 11.0 Å². The lowest BCUT2D eigenvalue weighted by Crippen LogP contribution is -2.39. The molecule has 0 fully saturated rings. The summed E-state index contributed by atoms with van der Waals surface area (Å²) in [5, 5.41) is 3.57. The quantitative estimate of drug-likeness (QED) is 0.122. The van der Waals surface area contributed by atoms with Gasteiger partial charge in [-0.15, -0.1) is 0 Å². The van der Waals surface area contributed by atoms with Crippen LogP contribution >= 0.6 is 0 Å². The molecular weight excluding hydrogens is 392 g/mol. The standard InChI is InChI=1S/C28H55N2Si/c1-30(2,27-28-21-16-15-17-22-28)25-19-14-12-10-8-6-4-3-5-7-9-11-13-18-23-29-24-20-26-31/h15-17,21-22,29H,3-14,18-20,23-27H2,1-2,31H3/q+1. The Bertz CT molecular complexity index is 489. The Hall–Kier alpha value is -0.643. The van der Waals surface area contributed by atoms with Crippen LogP contribution in [0.4, 0.5) is 0 Å². The fourth-order valence-electron chi connectivity index (χ4n) is 4.49. The van der Waals surface area contributed by atoms with E-state index in [1.54, 1.807) is 0 Å². The molecule has 0 aliphatic carbocycles. The number of nitrogens with one attached hydrogen (secondary N) is 1. The lowest BCUT2D eigenvalue weighted by Gasteiger charge is -2.30. The van der Waals surface area contributed by atoms with Gasteiger partial charge in [0.25, 0.3) is 0 Å². The van der Waals surface area contributed by atoms with Gasteiger partial charge in [-0.3, -0.25) is 0 Å². The number of hydrogen-bond donors (Lipinski definition) is 1. The Morgan fingerprint density at radius 3 is 1.58 bits per heavy atom. The molecule has 0 heterocycles. The number of nitrogens with zero attached hydrogens (tertiary/aromatic N) is 1. The molecule has 180 valence electrons. The molecular formula is C28H55N2Si+. The first-order valence-corrected chi connectivity index (χ1v) is 15.1. The van der Waals surface area contributed by atoms with Crippen molar-refractivity contribution >= 4 is 10.2 Å². The van der Waals surface area contributed by atoms with Crippen LogP contribution in [0.2, 0.25) is 6.04 Å². The number of unbranched alkanes of at least 4 members (excludes halogenated alkanes) is 13. The van der Waals surface area contributed by atoms with Crippen LogP contribution in [0.15, 0.2) is 30.3 Å². The van der Waals surface area contributed by atoms with Gasteiger partial charge in [-0.05, 0) is 38.8 Å². The highest BCUT2D eigenvalue weighted by Crippen LogP contribution is 2.15. The highest BCUT2D eigenvalue weighted by atomic mass is 28.1. The molecule has 0 saturated carbocycles. The van der Waals surface area contributed by atoms with Crippen molar-refractivity contribution < 1.29 is 4.48 Å². The first-order chi connectivity index (χ1) is 15.1. The van der Waals surface area contributed by atoms with Crippen LogP contribution in [-0.2, 0) is 6.54 Å². The van der Waals surface area contributed by atoms with Gasteiger partial charge in [0.05, 0.1) is 20.6 Å². The van der Waals surface area contributed by atoms with Gasteiger partial charge in [-0.2, -0.15) is 0 Å². The third-order valence-electron chi connectivity index (χ3n) is 6.53. The molecule has 0 atom stereocenters. The van der Waals surface area contributed by atoms with E-state index in [0.29, 0.717) is 0 Å². The average Bonchev–Trinajstić information content (AvgIpc) is 2.75. The third-order valence-corrected chi connectivity index (χ3v) is 7.23. The first-order valence-electron chi connectivity index (χ1n) is 13.7. The molecule has 0 radical (unpaired) electrons. The van der Waals surface area contributed by atoms with Crippen LogP contribution in [0.1, 0.15) is 102 Å². The predicted molar refractivity (Wildman–Crippen MR) is 144 cm³/mol. The van der Waals surface area contributed by atoms with Crippen molar-refractivity contribution in [3.05, 3.63) is 35.9 Å². The Kier molecular flexibility index (Phi) is 18.3. The van der Waals surface area contributed by atoms with E-state index in [1.165, 1.54) is 138 Å². The molecule has 0 aliphatic heterocycles. The largest absolute Gasteiger partial charge is 0.325 e. The molecule has 0 amide bonds. The number of benzene rings is 1. The van der Waals surface area contributed by atoms with E-state index in [9.17, 15) is 0 Å². The summed E-state index contributed by atoms with van der Waals surface area (Å²) in [5.74, 6) is 0. The minimum atomic E-state index is 1.11. The molecule has 1 N–H and O–H groups in total. The van der Waals surface area contributed by atoms with E-state index >= 15 is 0 Å². The average molecular weight is 448 g/mol. The lowest BCUT2D eigenvalue weighted by molar-refractivity contribution is -0.903. The maximum atomic E-state index is 3.57. The maximum absolute atomic E-state index is 3.57. The van der Waals surface area contributed by atoms with Gasteiger partial charge in [-0.25, -0.2) is 0 Å². The maximum Gasteiger partial charge on any atom is 0.104 e. The number of rotatable bonds is 22. The van der Waals surface area contributed by atoms with Crippen molar-refractivity contribution in [3.63, 3.8) is 0 Å². The Balaban J connectivity index is 1.78. The van der Waals surface area contributed by atoms with Crippen LogP contribution in [0.5, 0.6) is 0 Å². The highest BCUT2D eigenvalue weighted by molar-refractivity contribution is 6.08. The first kappa shape index (κ1) is 28.4. The minimum absolute atomic E-state index is 1.11. The summed E-state index contributed by atoms with van der Waals surface area (Å²) in [6.45, 7) is 4.94. The van der Waals surface area contributed by atoms with Crippen molar-refractivity contribution in [2.45, 2.75) is 109 Å². The summed E-state index contributed by atoms with van der Waals surface area (Å²) < 4.78 is 1.11. The predicted octanol–water partition coefficient (Wildman–Crippen LogP) is 6.49. The van der Waals surface area contributed by atoms with Crippen LogP contribution in [0, 0.1) is 0 Å². The molecule has 0 unspecified atom stereocenters. The summed E-state index contributed by atoms with van der Waals surface area (Å²) in [4.78, 5) is 0. The van der Waals surface area contributed by atoms with Crippen LogP contribution in [-0.4, -0.2) is 48.5 Å². The molecule has 1 aromatic rings. The van der Waals surface area contributed by atoms with Crippen LogP contribution in [0.25, 0.3) is 0 Å². The molecule has 3 heteroatoms. The van der Waals surface area contributed by atoms with E-state index < -0.39 is 0 Å². The second-order valence-corrected chi connectivity index (χ2v) is 11.4. The van der Waals surface area contributed by atoms with Gasteiger partial charge in [0.2, 0.25) is 0 Å². The van der Waals surface area contributed by atoms with E-state index in [4.69, 9.17) is 0 Å². The van der Waals surface area contributed by atoms with Gasteiger partial charge in [-0.1, -0.05) is 107 Å². The zero-order valence-corrected chi connectivity index (χ0v) is 23.5. The number of quaternary nitrogens is 1. The van der Waals surface area contributed by atoms with E-state index in [1.807, 2.05) is 0 Å². The molecule has 1 aromatic carbocycles. The fraction of sp³-hybridized carbons (Fsp3) is 0.786. The summed E-state index contributed by atoms with van der Waals surface area (Å²) in [6.07, 6.45) is 21.5. The molecule has 0 aliphatic rings. The summed E-state index contributed by atoms with van der Waals surface area (Å²) in [7, 11) is 6.11. The van der Waals surface area contributed by atoms with Crippen molar-refractivity contribution in [3.8, 4) is 0 Å². The van der Waals surface area contributed by atoms with Gasteiger partial charge < -0.3 is 9.80 Å². The highest BCUT2D eigenvalue weighted by Gasteiger charge is 2.14. The summed E-state index contributed by atoms with van der Waals surface area (Å²) >= 11 is 0. The van der Waals surface area contributed by atoms with Gasteiger partial charge >= 0.3 is 0 Å². The smallest absolute Gasteiger partial charge is 0.104 e. The Morgan fingerprint density at radius 1 is 0.613 bits per heavy atom. The van der Waals surface area contributed by atoms with Gasteiger partial charge in [0.1, 0.15) is 6.54 Å². The SMILES string of the molecule is C[N+](C)(CCCCCCCCCCCCCCCCNCCC[SiH3])Cc1ccccc1. The zero-order chi connectivity index (χ0) is 22.5. The van der Waals surface area contributed by atoms with E-state index in [2.05, 4.69) is 49.7 Å². The van der Waals surface area contributed by atoms with Crippen LogP contribution in [0.3, 0.4) is 0 Å². The molecule has 0 aromatic heterocycles. The molecule has 0 spiro atoms. The second-order valence-electron chi connectivity index (χ2n) is 10.4.